The van der Waals surface area contributed by atoms with Crippen molar-refractivity contribution in [3.8, 4) is 5.88 Å². The molecule has 1 aromatic heterocycles. The van der Waals surface area contributed by atoms with Crippen molar-refractivity contribution in [2.45, 2.75) is 49.4 Å². The van der Waals surface area contributed by atoms with Gasteiger partial charge in [-0.1, -0.05) is 6.08 Å². The fraction of sp³-hybridized carbons (Fsp3) is 0.714. The first kappa shape index (κ1) is 26.4. The SMILES string of the molecule is CC(F)(F)C(F)(F)C(F)(F)C(F)(F)C(F)(F)Oc1nsnc1C1=CCCN(C(F)(F)F)C1. The van der Waals surface area contributed by atoms with E-state index in [1.165, 1.54) is 0 Å². The summed E-state index contributed by atoms with van der Waals surface area (Å²) in [5, 5.41) is 0. The average molecular weight is 515 g/mol. The van der Waals surface area contributed by atoms with Crippen molar-refractivity contribution in [3.05, 3.63) is 11.8 Å². The first-order valence-corrected chi connectivity index (χ1v) is 8.81. The van der Waals surface area contributed by atoms with Gasteiger partial charge in [-0.25, -0.2) is 4.90 Å². The molecule has 0 fully saturated rings. The Morgan fingerprint density at radius 1 is 0.844 bits per heavy atom. The van der Waals surface area contributed by atoms with Crippen LogP contribution < -0.4 is 4.74 Å². The summed E-state index contributed by atoms with van der Waals surface area (Å²) in [6, 6.07) is 0. The van der Waals surface area contributed by atoms with Crippen LogP contribution in [-0.2, 0) is 0 Å². The second-order valence-corrected chi connectivity index (χ2v) is 7.08. The quantitative estimate of drug-likeness (QED) is 0.346. The molecule has 2 rings (SSSR count). The fourth-order valence-electron chi connectivity index (χ4n) is 2.42. The molecule has 1 aliphatic rings. The highest BCUT2D eigenvalue weighted by atomic mass is 32.1. The van der Waals surface area contributed by atoms with Gasteiger partial charge in [0.05, 0.1) is 11.7 Å². The lowest BCUT2D eigenvalue weighted by Gasteiger charge is -2.37. The van der Waals surface area contributed by atoms with E-state index in [1.54, 1.807) is 0 Å². The largest absolute Gasteiger partial charge is 0.472 e. The molecule has 4 nitrogen and oxygen atoms in total. The predicted molar refractivity (Wildman–Crippen MR) is 81.2 cm³/mol. The first-order valence-electron chi connectivity index (χ1n) is 8.08. The Labute approximate surface area is 174 Å². The smallest absolute Gasteiger partial charge is 0.407 e. The molecule has 0 unspecified atom stereocenters. The zero-order valence-corrected chi connectivity index (χ0v) is 16.1. The summed E-state index contributed by atoms with van der Waals surface area (Å²) >= 11 is -0.0623. The number of aromatic nitrogens is 2. The maximum absolute atomic E-state index is 13.9. The van der Waals surface area contributed by atoms with Crippen molar-refractivity contribution in [2.75, 3.05) is 13.1 Å². The summed E-state index contributed by atoms with van der Waals surface area (Å²) in [5.74, 6) is -29.0. The Bertz CT molecular complexity index is 859. The van der Waals surface area contributed by atoms with Gasteiger partial charge in [0.1, 0.15) is 5.69 Å². The normalized spacial score (nSPS) is 18.0. The van der Waals surface area contributed by atoms with Gasteiger partial charge in [0.25, 0.3) is 5.88 Å². The van der Waals surface area contributed by atoms with Gasteiger partial charge in [0.15, 0.2) is 0 Å². The minimum absolute atomic E-state index is 0.0623. The lowest BCUT2D eigenvalue weighted by molar-refractivity contribution is -0.429. The van der Waals surface area contributed by atoms with Crippen LogP contribution in [0.1, 0.15) is 19.0 Å². The molecule has 0 amide bonds. The number of rotatable bonds is 7. The monoisotopic (exact) mass is 515 g/mol. The van der Waals surface area contributed by atoms with Crippen LogP contribution in [0.15, 0.2) is 6.08 Å². The third-order valence-electron chi connectivity index (χ3n) is 4.20. The molecule has 0 bridgehead atoms. The third-order valence-corrected chi connectivity index (χ3v) is 4.71. The standard InChI is InChI=1S/C14H10F13N3OS/c1-9(15,16)10(17,18)11(19,20)12(21,22)13(23,24)31-8-7(28-32-29-8)6-3-2-4-30(5-6)14(25,26)27/h3H,2,4-5H2,1H3. The maximum atomic E-state index is 13.9. The van der Waals surface area contributed by atoms with Crippen LogP contribution in [0.2, 0.25) is 0 Å². The van der Waals surface area contributed by atoms with Crippen molar-refractivity contribution in [2.24, 2.45) is 0 Å². The highest BCUT2D eigenvalue weighted by Crippen LogP contribution is 2.57. The van der Waals surface area contributed by atoms with Crippen molar-refractivity contribution < 1.29 is 61.8 Å². The number of ether oxygens (including phenoxy) is 1. The summed E-state index contributed by atoms with van der Waals surface area (Å²) < 4.78 is 182. The van der Waals surface area contributed by atoms with Gasteiger partial charge in [-0.3, -0.25) is 0 Å². The van der Waals surface area contributed by atoms with Crippen LogP contribution in [0.4, 0.5) is 57.1 Å². The van der Waals surface area contributed by atoms with Crippen molar-refractivity contribution in [1.82, 2.24) is 13.6 Å². The summed E-state index contributed by atoms with van der Waals surface area (Å²) in [6.45, 7) is -2.49. The topological polar surface area (TPSA) is 38.3 Å². The van der Waals surface area contributed by atoms with Gasteiger partial charge in [-0.2, -0.15) is 61.4 Å². The second-order valence-electron chi connectivity index (χ2n) is 6.56. The van der Waals surface area contributed by atoms with E-state index in [2.05, 4.69) is 13.5 Å². The predicted octanol–water partition coefficient (Wildman–Crippen LogP) is 5.68. The van der Waals surface area contributed by atoms with Crippen LogP contribution in [0.25, 0.3) is 5.57 Å². The van der Waals surface area contributed by atoms with Crippen LogP contribution in [0.5, 0.6) is 5.88 Å². The van der Waals surface area contributed by atoms with Gasteiger partial charge in [-0.05, 0) is 12.0 Å². The Hall–Kier alpha value is -1.85. The Morgan fingerprint density at radius 2 is 1.41 bits per heavy atom. The van der Waals surface area contributed by atoms with Crippen molar-refractivity contribution in [1.29, 1.82) is 0 Å². The summed E-state index contributed by atoms with van der Waals surface area (Å²) in [4.78, 5) is -0.129. The zero-order valence-electron chi connectivity index (χ0n) is 15.3. The van der Waals surface area contributed by atoms with Crippen molar-refractivity contribution in [3.63, 3.8) is 0 Å². The molecule has 0 spiro atoms. The van der Waals surface area contributed by atoms with Crippen LogP contribution in [0.3, 0.4) is 0 Å². The average Bonchev–Trinajstić information content (AvgIpc) is 3.07. The summed E-state index contributed by atoms with van der Waals surface area (Å²) in [7, 11) is 0. The molecule has 2 heterocycles. The number of alkyl halides is 13. The molecule has 0 saturated carbocycles. The van der Waals surface area contributed by atoms with E-state index in [1.807, 2.05) is 0 Å². The molecule has 0 N–H and O–H groups in total. The third kappa shape index (κ3) is 4.34. The molecular formula is C14H10F13N3OS. The zero-order chi connectivity index (χ0) is 25.0. The molecule has 0 aliphatic carbocycles. The van der Waals surface area contributed by atoms with Gasteiger partial charge >= 0.3 is 36.1 Å². The van der Waals surface area contributed by atoms with E-state index in [0.717, 1.165) is 6.08 Å². The van der Waals surface area contributed by atoms with E-state index in [9.17, 15) is 57.1 Å². The molecule has 32 heavy (non-hydrogen) atoms. The molecule has 0 atom stereocenters. The molecular weight excluding hydrogens is 505 g/mol. The second kappa shape index (κ2) is 7.88. The minimum Gasteiger partial charge on any atom is -0.407 e. The van der Waals surface area contributed by atoms with Crippen molar-refractivity contribution >= 4 is 17.3 Å². The number of nitrogens with zero attached hydrogens (tertiary/aromatic N) is 3. The Balaban J connectivity index is 2.38. The van der Waals surface area contributed by atoms with E-state index >= 15 is 0 Å². The molecule has 1 aromatic rings. The van der Waals surface area contributed by atoms with Crippen LogP contribution in [0, 0.1) is 0 Å². The van der Waals surface area contributed by atoms with E-state index in [4.69, 9.17) is 0 Å². The fourth-order valence-corrected chi connectivity index (χ4v) is 2.93. The summed E-state index contributed by atoms with van der Waals surface area (Å²) in [6.07, 6.45) is -10.8. The number of hydrogen-bond acceptors (Lipinski definition) is 5. The maximum Gasteiger partial charge on any atom is 0.472 e. The Morgan fingerprint density at radius 3 is 1.91 bits per heavy atom. The van der Waals surface area contributed by atoms with E-state index < -0.39 is 73.3 Å². The molecule has 0 saturated heterocycles. The van der Waals surface area contributed by atoms with Gasteiger partial charge < -0.3 is 4.74 Å². The molecule has 0 aromatic carbocycles. The summed E-state index contributed by atoms with van der Waals surface area (Å²) in [5.41, 5.74) is -1.50. The lowest BCUT2D eigenvalue weighted by atomic mass is 9.99. The highest BCUT2D eigenvalue weighted by Gasteiger charge is 2.87. The minimum atomic E-state index is -7.33. The van der Waals surface area contributed by atoms with Gasteiger partial charge in [0, 0.05) is 20.0 Å². The van der Waals surface area contributed by atoms with Crippen LogP contribution >= 0.6 is 11.7 Å². The van der Waals surface area contributed by atoms with E-state index in [0.29, 0.717) is 0 Å². The number of halogens is 13. The molecule has 1 aliphatic heterocycles. The van der Waals surface area contributed by atoms with Gasteiger partial charge in [0.2, 0.25) is 0 Å². The highest BCUT2D eigenvalue weighted by molar-refractivity contribution is 6.99. The molecule has 184 valence electrons. The molecule has 18 heteroatoms. The number of hydrogen-bond donors (Lipinski definition) is 0. The molecule has 0 radical (unpaired) electrons. The van der Waals surface area contributed by atoms with E-state index in [-0.39, 0.29) is 23.0 Å². The first-order chi connectivity index (χ1) is 14.2. The van der Waals surface area contributed by atoms with Gasteiger partial charge in [-0.15, -0.1) is 4.37 Å². The van der Waals surface area contributed by atoms with Crippen LogP contribution in [-0.4, -0.2) is 62.8 Å². The lowest BCUT2D eigenvalue weighted by Crippen LogP contribution is -2.67. The Kier molecular flexibility index (Phi) is 6.50.